The second-order valence-corrected chi connectivity index (χ2v) is 10.2. The number of fused-ring (bicyclic) bond motifs is 1. The molecule has 4 rings (SSSR count). The highest BCUT2D eigenvalue weighted by Gasteiger charge is 2.30. The maximum absolute atomic E-state index is 14.7. The van der Waals surface area contributed by atoms with Gasteiger partial charge in [0.05, 0.1) is 11.4 Å². The van der Waals surface area contributed by atoms with Crippen LogP contribution in [0.15, 0.2) is 47.9 Å². The van der Waals surface area contributed by atoms with Gasteiger partial charge in [0.1, 0.15) is 17.3 Å². The maximum Gasteiger partial charge on any atom is 0.233 e. The number of sulfonamides is 1. The van der Waals surface area contributed by atoms with Gasteiger partial charge in [-0.05, 0) is 49.4 Å². The van der Waals surface area contributed by atoms with Gasteiger partial charge >= 0.3 is 0 Å². The largest absolute Gasteiger partial charge is 0.234 e. The fourth-order valence-corrected chi connectivity index (χ4v) is 5.35. The second-order valence-electron chi connectivity index (χ2n) is 7.35. The molecule has 2 heterocycles. The lowest BCUT2D eigenvalue weighted by Crippen LogP contribution is -2.18. The summed E-state index contributed by atoms with van der Waals surface area (Å²) >= 11 is 1.64. The molecule has 1 aromatic heterocycles. The van der Waals surface area contributed by atoms with Gasteiger partial charge in [-0.25, -0.2) is 31.0 Å². The van der Waals surface area contributed by atoms with Gasteiger partial charge in [0.15, 0.2) is 5.82 Å². The van der Waals surface area contributed by atoms with E-state index in [1.165, 1.54) is 36.0 Å². The zero-order valence-electron chi connectivity index (χ0n) is 17.1. The van der Waals surface area contributed by atoms with Crippen LogP contribution in [0.1, 0.15) is 28.4 Å². The molecule has 3 aromatic rings. The second kappa shape index (κ2) is 9.13. The summed E-state index contributed by atoms with van der Waals surface area (Å²) in [6, 6.07) is 9.51. The van der Waals surface area contributed by atoms with Crippen LogP contribution in [0, 0.1) is 17.5 Å². The number of rotatable bonds is 6. The number of hydrogen-bond donors (Lipinski definition) is 1. The van der Waals surface area contributed by atoms with Gasteiger partial charge < -0.3 is 0 Å². The predicted octanol–water partition coefficient (Wildman–Crippen LogP) is 4.38. The molecular weight excluding hydrogens is 459 g/mol. The highest BCUT2D eigenvalue weighted by molar-refractivity contribution is 7.98. The van der Waals surface area contributed by atoms with Crippen LogP contribution >= 0.6 is 11.8 Å². The average Bonchev–Trinajstić information content (AvgIpc) is 3.12. The molecule has 0 fully saturated rings. The zero-order valence-corrected chi connectivity index (χ0v) is 18.7. The lowest BCUT2D eigenvalue weighted by atomic mass is 9.94. The van der Waals surface area contributed by atoms with Crippen LogP contribution in [-0.4, -0.2) is 31.0 Å². The summed E-state index contributed by atoms with van der Waals surface area (Å²) in [4.78, 5) is 0. The fourth-order valence-electron chi connectivity index (χ4n) is 3.73. The van der Waals surface area contributed by atoms with Crippen molar-refractivity contribution < 1.29 is 21.6 Å². The third-order valence-electron chi connectivity index (χ3n) is 5.21. The van der Waals surface area contributed by atoms with Crippen LogP contribution in [0.5, 0.6) is 0 Å². The summed E-state index contributed by atoms with van der Waals surface area (Å²) in [7, 11) is -2.33. The smallest absolute Gasteiger partial charge is 0.233 e. The normalized spacial score (nSPS) is 16.4. The fraction of sp³-hybridized carbons (Fsp3) is 0.227. The van der Waals surface area contributed by atoms with E-state index in [4.69, 9.17) is 0 Å². The van der Waals surface area contributed by atoms with Gasteiger partial charge in [-0.3, -0.25) is 0 Å². The SMILES string of the molecule is CNS(=O)(=O)/C=C/c1nn(-c2ccc(F)cc2F)c2c1CSCC2Cc1cccc(F)c1. The third kappa shape index (κ3) is 4.77. The summed E-state index contributed by atoms with van der Waals surface area (Å²) in [6.07, 6.45) is 1.86. The lowest BCUT2D eigenvalue weighted by Gasteiger charge is -2.24. The van der Waals surface area contributed by atoms with Crippen LogP contribution in [-0.2, 0) is 22.2 Å². The van der Waals surface area contributed by atoms with Crippen molar-refractivity contribution in [3.8, 4) is 5.69 Å². The molecule has 0 aliphatic carbocycles. The Hall–Kier alpha value is -2.56. The van der Waals surface area contributed by atoms with Gasteiger partial charge in [-0.1, -0.05) is 12.1 Å². The van der Waals surface area contributed by atoms with Crippen molar-refractivity contribution in [3.05, 3.63) is 87.8 Å². The molecule has 0 bridgehead atoms. The van der Waals surface area contributed by atoms with E-state index >= 15 is 0 Å². The Morgan fingerprint density at radius 1 is 1.19 bits per heavy atom. The summed E-state index contributed by atoms with van der Waals surface area (Å²) in [5, 5.41) is 5.49. The van der Waals surface area contributed by atoms with Crippen molar-refractivity contribution in [1.82, 2.24) is 14.5 Å². The number of nitrogens with one attached hydrogen (secondary N) is 1. The van der Waals surface area contributed by atoms with E-state index in [0.29, 0.717) is 29.3 Å². The van der Waals surface area contributed by atoms with Crippen LogP contribution in [0.2, 0.25) is 0 Å². The minimum absolute atomic E-state index is 0.0647. The summed E-state index contributed by atoms with van der Waals surface area (Å²) < 4.78 is 69.3. The molecule has 32 heavy (non-hydrogen) atoms. The quantitative estimate of drug-likeness (QED) is 0.570. The van der Waals surface area contributed by atoms with Gasteiger partial charge in [-0.2, -0.15) is 16.9 Å². The third-order valence-corrected chi connectivity index (χ3v) is 7.40. The van der Waals surface area contributed by atoms with Crippen molar-refractivity contribution in [2.75, 3.05) is 12.8 Å². The molecule has 1 unspecified atom stereocenters. The van der Waals surface area contributed by atoms with Crippen molar-refractivity contribution >= 4 is 27.9 Å². The first-order chi connectivity index (χ1) is 15.3. The molecule has 0 saturated heterocycles. The van der Waals surface area contributed by atoms with Crippen LogP contribution < -0.4 is 4.72 Å². The first-order valence-corrected chi connectivity index (χ1v) is 12.5. The van der Waals surface area contributed by atoms with E-state index in [1.807, 2.05) is 6.07 Å². The van der Waals surface area contributed by atoms with E-state index < -0.39 is 21.7 Å². The first-order valence-electron chi connectivity index (χ1n) is 9.78. The Morgan fingerprint density at radius 2 is 1.97 bits per heavy atom. The number of nitrogens with zero attached hydrogens (tertiary/aromatic N) is 2. The summed E-state index contributed by atoms with van der Waals surface area (Å²) in [5.74, 6) is -0.723. The molecule has 1 N–H and O–H groups in total. The van der Waals surface area contributed by atoms with E-state index in [2.05, 4.69) is 9.82 Å². The first kappa shape index (κ1) is 22.6. The summed E-state index contributed by atoms with van der Waals surface area (Å²) in [6.45, 7) is 0. The van der Waals surface area contributed by atoms with Gasteiger partial charge in [0.25, 0.3) is 0 Å². The molecule has 168 valence electrons. The molecule has 0 spiro atoms. The number of benzene rings is 2. The Labute approximate surface area is 188 Å². The number of aromatic nitrogens is 2. The molecule has 1 aliphatic rings. The van der Waals surface area contributed by atoms with Crippen molar-refractivity contribution in [2.24, 2.45) is 0 Å². The lowest BCUT2D eigenvalue weighted by molar-refractivity contribution is 0.567. The van der Waals surface area contributed by atoms with Gasteiger partial charge in [-0.15, -0.1) is 0 Å². The molecule has 10 heteroatoms. The van der Waals surface area contributed by atoms with E-state index in [0.717, 1.165) is 28.7 Å². The Bertz CT molecular complexity index is 1290. The number of halogens is 3. The Balaban J connectivity index is 1.85. The van der Waals surface area contributed by atoms with E-state index in [9.17, 15) is 21.6 Å². The molecule has 0 saturated carbocycles. The van der Waals surface area contributed by atoms with E-state index in [-0.39, 0.29) is 17.4 Å². The van der Waals surface area contributed by atoms with Crippen LogP contribution in [0.3, 0.4) is 0 Å². The van der Waals surface area contributed by atoms with Crippen LogP contribution in [0.25, 0.3) is 11.8 Å². The molecule has 2 aromatic carbocycles. The number of thioether (sulfide) groups is 1. The molecule has 5 nitrogen and oxygen atoms in total. The Morgan fingerprint density at radius 3 is 2.69 bits per heavy atom. The van der Waals surface area contributed by atoms with Crippen molar-refractivity contribution in [1.29, 1.82) is 0 Å². The molecular formula is C22H20F3N3O2S2. The number of hydrogen-bond acceptors (Lipinski definition) is 4. The summed E-state index contributed by atoms with van der Waals surface area (Å²) in [5.41, 5.74) is 2.72. The minimum Gasteiger partial charge on any atom is -0.234 e. The predicted molar refractivity (Wildman–Crippen MR) is 120 cm³/mol. The van der Waals surface area contributed by atoms with Crippen molar-refractivity contribution in [3.63, 3.8) is 0 Å². The molecule has 0 amide bonds. The topological polar surface area (TPSA) is 64.0 Å². The monoisotopic (exact) mass is 479 g/mol. The zero-order chi connectivity index (χ0) is 22.9. The van der Waals surface area contributed by atoms with Gasteiger partial charge in [0, 0.05) is 34.5 Å². The van der Waals surface area contributed by atoms with E-state index in [1.54, 1.807) is 17.8 Å². The molecule has 0 radical (unpaired) electrons. The maximum atomic E-state index is 14.7. The van der Waals surface area contributed by atoms with Crippen molar-refractivity contribution in [2.45, 2.75) is 18.1 Å². The molecule has 1 atom stereocenters. The minimum atomic E-state index is -3.63. The highest BCUT2D eigenvalue weighted by Crippen LogP contribution is 2.39. The highest BCUT2D eigenvalue weighted by atomic mass is 32.2. The standard InChI is InChI=1S/C22H20F3N3O2S2/c1-26-32(29,30)8-7-20-18-13-31-12-15(9-14-3-2-4-16(23)10-14)22(18)28(27-20)21-6-5-17(24)11-19(21)25/h2-8,10-11,15,26H,9,12-13H2,1H3/b8-7+. The Kier molecular flexibility index (Phi) is 6.45. The van der Waals surface area contributed by atoms with Gasteiger partial charge in [0.2, 0.25) is 10.0 Å². The molecule has 1 aliphatic heterocycles. The van der Waals surface area contributed by atoms with Crippen LogP contribution in [0.4, 0.5) is 13.2 Å². The average molecular weight is 480 g/mol.